The quantitative estimate of drug-likeness (QED) is 0.725. The van der Waals surface area contributed by atoms with Crippen molar-refractivity contribution >= 4 is 21.8 Å². The molecule has 1 aromatic heterocycles. The summed E-state index contributed by atoms with van der Waals surface area (Å²) in [5.41, 5.74) is 0.533. The third kappa shape index (κ3) is 2.07. The maximum absolute atomic E-state index is 12.0. The van der Waals surface area contributed by atoms with Gasteiger partial charge in [-0.15, -0.1) is 0 Å². The van der Waals surface area contributed by atoms with Gasteiger partial charge in [0.05, 0.1) is 0 Å². The van der Waals surface area contributed by atoms with E-state index >= 15 is 0 Å². The van der Waals surface area contributed by atoms with Crippen molar-refractivity contribution < 1.29 is 4.79 Å². The Bertz CT molecular complexity index is 376. The second-order valence-corrected chi connectivity index (χ2v) is 5.31. The summed E-state index contributed by atoms with van der Waals surface area (Å²) in [6.07, 6.45) is 2.80. The fourth-order valence-corrected chi connectivity index (χ4v) is 2.78. The van der Waals surface area contributed by atoms with E-state index in [1.54, 1.807) is 16.9 Å². The smallest absolute Gasteiger partial charge is 0.274 e. The Balaban J connectivity index is 2.15. The average molecular weight is 272 g/mol. The van der Waals surface area contributed by atoms with Crippen LogP contribution in [0.15, 0.2) is 12.3 Å². The predicted octanol–water partition coefficient (Wildman–Crippen LogP) is 1.42. The van der Waals surface area contributed by atoms with Gasteiger partial charge in [-0.05, 0) is 19.4 Å². The zero-order chi connectivity index (χ0) is 11.0. The van der Waals surface area contributed by atoms with Crippen molar-refractivity contribution in [1.29, 1.82) is 0 Å². The van der Waals surface area contributed by atoms with E-state index in [-0.39, 0.29) is 5.91 Å². The van der Waals surface area contributed by atoms with Crippen molar-refractivity contribution in [3.8, 4) is 0 Å². The highest BCUT2D eigenvalue weighted by molar-refractivity contribution is 9.09. The van der Waals surface area contributed by atoms with Crippen molar-refractivity contribution in [3.63, 3.8) is 0 Å². The molecule has 0 aliphatic carbocycles. The maximum Gasteiger partial charge on any atom is 0.274 e. The van der Waals surface area contributed by atoms with Gasteiger partial charge in [-0.3, -0.25) is 9.48 Å². The number of halogens is 1. The molecule has 0 spiro atoms. The number of aryl methyl sites for hydroxylation is 1. The SMILES string of the molecule is CC1CC(Br)CN1C(=O)c1ccn(C)n1. The van der Waals surface area contributed by atoms with Crippen molar-refractivity contribution in [2.75, 3.05) is 6.54 Å². The van der Waals surface area contributed by atoms with E-state index in [1.165, 1.54) is 0 Å². The van der Waals surface area contributed by atoms with Crippen LogP contribution in [0.4, 0.5) is 0 Å². The fourth-order valence-electron chi connectivity index (χ4n) is 1.92. The molecule has 2 heterocycles. The van der Waals surface area contributed by atoms with E-state index in [1.807, 2.05) is 11.9 Å². The summed E-state index contributed by atoms with van der Waals surface area (Å²) in [6, 6.07) is 2.06. The van der Waals surface area contributed by atoms with Crippen LogP contribution in [0.1, 0.15) is 23.8 Å². The number of likely N-dealkylation sites (tertiary alicyclic amines) is 1. The van der Waals surface area contributed by atoms with Crippen LogP contribution in [-0.4, -0.2) is 38.0 Å². The molecular formula is C10H14BrN3O. The normalized spacial score (nSPS) is 25.9. The molecule has 2 unspecified atom stereocenters. The van der Waals surface area contributed by atoms with Gasteiger partial charge in [0.25, 0.3) is 5.91 Å². The van der Waals surface area contributed by atoms with Crippen LogP contribution in [0, 0.1) is 0 Å². The molecule has 1 fully saturated rings. The number of carbonyl (C=O) groups excluding carboxylic acids is 1. The van der Waals surface area contributed by atoms with Gasteiger partial charge in [-0.1, -0.05) is 15.9 Å². The molecule has 4 nitrogen and oxygen atoms in total. The molecule has 0 radical (unpaired) electrons. The third-order valence-corrected chi connectivity index (χ3v) is 3.38. The largest absolute Gasteiger partial charge is 0.333 e. The molecular weight excluding hydrogens is 258 g/mol. The number of rotatable bonds is 1. The second kappa shape index (κ2) is 3.96. The Hall–Kier alpha value is -0.840. The summed E-state index contributed by atoms with van der Waals surface area (Å²) in [5.74, 6) is 0.0325. The van der Waals surface area contributed by atoms with Gasteiger partial charge >= 0.3 is 0 Å². The number of alkyl halides is 1. The lowest BCUT2D eigenvalue weighted by molar-refractivity contribution is 0.0741. The molecule has 0 saturated carbocycles. The van der Waals surface area contributed by atoms with Crippen molar-refractivity contribution in [3.05, 3.63) is 18.0 Å². The van der Waals surface area contributed by atoms with Gasteiger partial charge in [-0.25, -0.2) is 0 Å². The van der Waals surface area contributed by atoms with Gasteiger partial charge in [0.15, 0.2) is 0 Å². The van der Waals surface area contributed by atoms with E-state index in [0.717, 1.165) is 13.0 Å². The van der Waals surface area contributed by atoms with E-state index < -0.39 is 0 Å². The molecule has 15 heavy (non-hydrogen) atoms. The molecule has 0 aromatic carbocycles. The first-order chi connectivity index (χ1) is 7.08. The molecule has 1 saturated heterocycles. The van der Waals surface area contributed by atoms with Crippen molar-refractivity contribution in [1.82, 2.24) is 14.7 Å². The van der Waals surface area contributed by atoms with Crippen molar-refractivity contribution in [2.24, 2.45) is 7.05 Å². The molecule has 1 amide bonds. The van der Waals surface area contributed by atoms with Gasteiger partial charge in [0, 0.05) is 30.7 Å². The van der Waals surface area contributed by atoms with Crippen molar-refractivity contribution in [2.45, 2.75) is 24.2 Å². The van der Waals surface area contributed by atoms with Crippen LogP contribution in [0.5, 0.6) is 0 Å². The van der Waals surface area contributed by atoms with E-state index in [4.69, 9.17) is 0 Å². The van der Waals surface area contributed by atoms with Crippen LogP contribution < -0.4 is 0 Å². The minimum Gasteiger partial charge on any atom is -0.333 e. The Labute approximate surface area is 97.4 Å². The first-order valence-electron chi connectivity index (χ1n) is 5.02. The highest BCUT2D eigenvalue weighted by Gasteiger charge is 2.32. The van der Waals surface area contributed by atoms with E-state index in [0.29, 0.717) is 16.6 Å². The average Bonchev–Trinajstić information content (AvgIpc) is 2.71. The molecule has 1 aromatic rings. The molecule has 82 valence electrons. The number of hydrogen-bond acceptors (Lipinski definition) is 2. The number of carbonyl (C=O) groups is 1. The zero-order valence-electron chi connectivity index (χ0n) is 8.85. The maximum atomic E-state index is 12.0. The molecule has 5 heteroatoms. The number of hydrogen-bond donors (Lipinski definition) is 0. The number of amides is 1. The fraction of sp³-hybridized carbons (Fsp3) is 0.600. The highest BCUT2D eigenvalue weighted by Crippen LogP contribution is 2.24. The molecule has 0 N–H and O–H groups in total. The summed E-state index contributed by atoms with van der Waals surface area (Å²) in [6.45, 7) is 2.85. The van der Waals surface area contributed by atoms with Gasteiger partial charge in [-0.2, -0.15) is 5.10 Å². The van der Waals surface area contributed by atoms with Crippen LogP contribution in [0.25, 0.3) is 0 Å². The summed E-state index contributed by atoms with van der Waals surface area (Å²) >= 11 is 3.55. The Morgan fingerprint density at radius 2 is 2.40 bits per heavy atom. The number of nitrogens with zero attached hydrogens (tertiary/aromatic N) is 3. The lowest BCUT2D eigenvalue weighted by Crippen LogP contribution is -2.34. The van der Waals surface area contributed by atoms with Crippen LogP contribution in [0.2, 0.25) is 0 Å². The zero-order valence-corrected chi connectivity index (χ0v) is 10.4. The topological polar surface area (TPSA) is 38.1 Å². The predicted molar refractivity (Wildman–Crippen MR) is 61.0 cm³/mol. The van der Waals surface area contributed by atoms with Crippen LogP contribution >= 0.6 is 15.9 Å². The van der Waals surface area contributed by atoms with Gasteiger partial charge < -0.3 is 4.90 Å². The van der Waals surface area contributed by atoms with Gasteiger partial charge in [0.1, 0.15) is 5.69 Å². The van der Waals surface area contributed by atoms with E-state index in [2.05, 4.69) is 28.0 Å². The first kappa shape index (κ1) is 10.7. The summed E-state index contributed by atoms with van der Waals surface area (Å²) in [5, 5.41) is 4.12. The summed E-state index contributed by atoms with van der Waals surface area (Å²) in [4.78, 5) is 14.3. The lowest BCUT2D eigenvalue weighted by atomic mass is 10.2. The first-order valence-corrected chi connectivity index (χ1v) is 5.94. The summed E-state index contributed by atoms with van der Waals surface area (Å²) < 4.78 is 1.65. The van der Waals surface area contributed by atoms with Gasteiger partial charge in [0.2, 0.25) is 0 Å². The van der Waals surface area contributed by atoms with E-state index in [9.17, 15) is 4.79 Å². The standard InChI is InChI=1S/C10H14BrN3O/c1-7-5-8(11)6-14(7)10(15)9-3-4-13(2)12-9/h3-4,7-8H,5-6H2,1-2H3. The minimum atomic E-state index is 0.0325. The Kier molecular flexibility index (Phi) is 2.82. The Morgan fingerprint density at radius 3 is 2.87 bits per heavy atom. The molecule has 1 aliphatic rings. The molecule has 2 rings (SSSR count). The highest BCUT2D eigenvalue weighted by atomic mass is 79.9. The second-order valence-electron chi connectivity index (χ2n) is 4.01. The Morgan fingerprint density at radius 1 is 1.67 bits per heavy atom. The minimum absolute atomic E-state index is 0.0325. The number of aromatic nitrogens is 2. The third-order valence-electron chi connectivity index (χ3n) is 2.72. The van der Waals surface area contributed by atoms with Crippen LogP contribution in [0.3, 0.4) is 0 Å². The monoisotopic (exact) mass is 271 g/mol. The van der Waals surface area contributed by atoms with Crippen LogP contribution in [-0.2, 0) is 7.05 Å². The molecule has 0 bridgehead atoms. The molecule has 1 aliphatic heterocycles. The summed E-state index contributed by atoms with van der Waals surface area (Å²) in [7, 11) is 1.82. The molecule has 2 atom stereocenters. The lowest BCUT2D eigenvalue weighted by Gasteiger charge is -2.19.